The fourth-order valence-electron chi connectivity index (χ4n) is 4.21. The molecule has 0 saturated heterocycles. The van der Waals surface area contributed by atoms with Crippen LogP contribution in [0.25, 0.3) is 0 Å². The van der Waals surface area contributed by atoms with Crippen LogP contribution < -0.4 is 4.90 Å². The van der Waals surface area contributed by atoms with Crippen LogP contribution in [0.1, 0.15) is 35.3 Å². The fourth-order valence-corrected chi connectivity index (χ4v) is 4.21. The molecule has 25 heavy (non-hydrogen) atoms. The number of Topliss-reactive ketones (excluding diaryl/α,β-unsaturated/α-hetero) is 1. The van der Waals surface area contributed by atoms with Gasteiger partial charge in [0, 0.05) is 35.3 Å². The molecule has 2 heteroatoms. The van der Waals surface area contributed by atoms with Gasteiger partial charge in [-0.3, -0.25) is 4.79 Å². The van der Waals surface area contributed by atoms with E-state index >= 15 is 0 Å². The Hall–Kier alpha value is -2.61. The number of nitrogens with zero attached hydrogens (tertiary/aromatic N) is 1. The van der Waals surface area contributed by atoms with Gasteiger partial charge in [0.2, 0.25) is 0 Å². The smallest absolute Gasteiger partial charge is 0.170 e. The molecule has 0 fully saturated rings. The minimum Gasteiger partial charge on any atom is -0.347 e. The number of carbonyl (C=O) groups is 1. The number of carbonyl (C=O) groups excluding carboxylic acids is 1. The molecule has 1 atom stereocenters. The maximum atomic E-state index is 12.5. The molecule has 2 aromatic carbocycles. The van der Waals surface area contributed by atoms with Crippen LogP contribution >= 0.6 is 0 Å². The summed E-state index contributed by atoms with van der Waals surface area (Å²) in [7, 11) is 2.11. The van der Waals surface area contributed by atoms with Crippen molar-refractivity contribution in [2.75, 3.05) is 11.9 Å². The minimum atomic E-state index is -0.0357. The van der Waals surface area contributed by atoms with E-state index in [0.717, 1.165) is 12.0 Å². The van der Waals surface area contributed by atoms with E-state index in [1.165, 1.54) is 22.5 Å². The molecule has 1 unspecified atom stereocenters. The zero-order chi connectivity index (χ0) is 17.6. The van der Waals surface area contributed by atoms with Crippen LogP contribution in [-0.2, 0) is 11.8 Å². The monoisotopic (exact) mass is 329 g/mol. The largest absolute Gasteiger partial charge is 0.347 e. The van der Waals surface area contributed by atoms with Crippen molar-refractivity contribution in [2.45, 2.75) is 25.7 Å². The van der Waals surface area contributed by atoms with E-state index in [2.05, 4.69) is 74.4 Å². The van der Waals surface area contributed by atoms with Crippen molar-refractivity contribution in [3.8, 4) is 0 Å². The average Bonchev–Trinajstić information content (AvgIpc) is 3.03. The average molecular weight is 329 g/mol. The molecule has 2 aromatic rings. The molecule has 2 aliphatic rings. The molecule has 1 heterocycles. The Morgan fingerprint density at radius 1 is 1.08 bits per heavy atom. The molecule has 0 amide bonds. The number of allylic oxidation sites excluding steroid dienone is 4. The lowest BCUT2D eigenvalue weighted by Crippen LogP contribution is -2.22. The van der Waals surface area contributed by atoms with Crippen LogP contribution in [0.2, 0.25) is 0 Å². The Morgan fingerprint density at radius 3 is 2.56 bits per heavy atom. The van der Waals surface area contributed by atoms with Crippen LogP contribution in [0.3, 0.4) is 0 Å². The first-order chi connectivity index (χ1) is 12.0. The fraction of sp³-hybridized carbons (Fsp3) is 0.261. The van der Waals surface area contributed by atoms with E-state index in [9.17, 15) is 4.79 Å². The van der Waals surface area contributed by atoms with Gasteiger partial charge in [-0.2, -0.15) is 0 Å². The van der Waals surface area contributed by atoms with E-state index in [0.29, 0.717) is 0 Å². The van der Waals surface area contributed by atoms with E-state index in [1.54, 1.807) is 0 Å². The number of anilines is 1. The number of fused-ring (bicyclic) bond motifs is 2. The van der Waals surface area contributed by atoms with Gasteiger partial charge >= 0.3 is 0 Å². The van der Waals surface area contributed by atoms with Gasteiger partial charge < -0.3 is 4.90 Å². The minimum absolute atomic E-state index is 0.0294. The van der Waals surface area contributed by atoms with E-state index in [4.69, 9.17) is 0 Å². The standard InChI is InChI=1S/C23H23NO/c1-23(2)19-12-6-7-13-20(19)24(3)21(23)14-8-10-17-15-16-9-4-5-11-18(16)22(17)25/h4-14,17H,15H2,1-3H3/b10-8+,21-14-. The van der Waals surface area contributed by atoms with Crippen LogP contribution in [-0.4, -0.2) is 12.8 Å². The molecule has 4 rings (SSSR count). The summed E-state index contributed by atoms with van der Waals surface area (Å²) in [6.45, 7) is 4.51. The number of hydrogen-bond donors (Lipinski definition) is 0. The number of benzene rings is 2. The van der Waals surface area contributed by atoms with Gasteiger partial charge in [0.15, 0.2) is 5.78 Å². The van der Waals surface area contributed by atoms with Crippen molar-refractivity contribution < 1.29 is 4.79 Å². The molecule has 0 spiro atoms. The highest BCUT2D eigenvalue weighted by molar-refractivity contribution is 6.03. The lowest BCUT2D eigenvalue weighted by atomic mass is 9.83. The molecule has 1 aliphatic carbocycles. The highest BCUT2D eigenvalue weighted by Crippen LogP contribution is 2.46. The lowest BCUT2D eigenvalue weighted by molar-refractivity contribution is 0.0960. The molecule has 126 valence electrons. The summed E-state index contributed by atoms with van der Waals surface area (Å²) in [4.78, 5) is 14.8. The lowest BCUT2D eigenvalue weighted by Gasteiger charge is -2.23. The van der Waals surface area contributed by atoms with Crippen LogP contribution in [0.15, 0.2) is 72.5 Å². The maximum absolute atomic E-state index is 12.5. The number of likely N-dealkylation sites (N-methyl/N-ethyl adjacent to an activating group) is 1. The first kappa shape index (κ1) is 15.9. The Morgan fingerprint density at radius 2 is 1.80 bits per heavy atom. The van der Waals surface area contributed by atoms with Gasteiger partial charge in [0.1, 0.15) is 0 Å². The first-order valence-corrected chi connectivity index (χ1v) is 8.84. The zero-order valence-corrected chi connectivity index (χ0v) is 15.0. The second-order valence-electron chi connectivity index (χ2n) is 7.47. The second-order valence-corrected chi connectivity index (χ2v) is 7.47. The molecule has 0 saturated carbocycles. The molecule has 0 aromatic heterocycles. The Balaban J connectivity index is 1.59. The molecule has 2 nitrogen and oxygen atoms in total. The van der Waals surface area contributed by atoms with Gasteiger partial charge in [-0.25, -0.2) is 0 Å². The summed E-state index contributed by atoms with van der Waals surface area (Å²) < 4.78 is 0. The Bertz CT molecular complexity index is 904. The topological polar surface area (TPSA) is 20.3 Å². The number of hydrogen-bond acceptors (Lipinski definition) is 2. The van der Waals surface area contributed by atoms with Crippen molar-refractivity contribution in [2.24, 2.45) is 5.92 Å². The van der Waals surface area contributed by atoms with Crippen LogP contribution in [0.5, 0.6) is 0 Å². The third-order valence-electron chi connectivity index (χ3n) is 5.60. The number of para-hydroxylation sites is 1. The van der Waals surface area contributed by atoms with E-state index in [1.807, 2.05) is 18.2 Å². The van der Waals surface area contributed by atoms with Gasteiger partial charge in [0.05, 0.1) is 0 Å². The predicted octanol–water partition coefficient (Wildman–Crippen LogP) is 4.91. The molecule has 0 bridgehead atoms. The highest BCUT2D eigenvalue weighted by Gasteiger charge is 2.37. The third kappa shape index (κ3) is 2.44. The quantitative estimate of drug-likeness (QED) is 0.780. The van der Waals surface area contributed by atoms with Crippen LogP contribution in [0, 0.1) is 5.92 Å². The van der Waals surface area contributed by atoms with Crippen molar-refractivity contribution >= 4 is 11.5 Å². The SMILES string of the molecule is CN1/C(=C\C=C\C2Cc3ccccc3C2=O)C(C)(C)c2ccccc21. The normalized spacial score (nSPS) is 22.7. The summed E-state index contributed by atoms with van der Waals surface area (Å²) in [6, 6.07) is 16.5. The van der Waals surface area contributed by atoms with Crippen molar-refractivity contribution in [3.05, 3.63) is 89.1 Å². The number of rotatable bonds is 2. The maximum Gasteiger partial charge on any atom is 0.170 e. The van der Waals surface area contributed by atoms with Gasteiger partial charge in [-0.15, -0.1) is 0 Å². The van der Waals surface area contributed by atoms with Gasteiger partial charge in [-0.1, -0.05) is 68.5 Å². The second kappa shape index (κ2) is 5.73. The Kier molecular flexibility index (Phi) is 3.64. The third-order valence-corrected chi connectivity index (χ3v) is 5.60. The summed E-state index contributed by atoms with van der Waals surface area (Å²) in [5.74, 6) is 0.207. The van der Waals surface area contributed by atoms with Crippen LogP contribution in [0.4, 0.5) is 5.69 Å². The highest BCUT2D eigenvalue weighted by atomic mass is 16.1. The summed E-state index contributed by atoms with van der Waals surface area (Å²) in [6.07, 6.45) is 7.10. The first-order valence-electron chi connectivity index (χ1n) is 8.84. The zero-order valence-electron chi connectivity index (χ0n) is 15.0. The molecular formula is C23H23NO. The van der Waals surface area contributed by atoms with E-state index in [-0.39, 0.29) is 17.1 Å². The molecular weight excluding hydrogens is 306 g/mol. The van der Waals surface area contributed by atoms with Crippen molar-refractivity contribution in [3.63, 3.8) is 0 Å². The Labute approximate surface area is 149 Å². The molecule has 1 aliphatic heterocycles. The summed E-state index contributed by atoms with van der Waals surface area (Å²) in [5, 5.41) is 0. The predicted molar refractivity (Wildman–Crippen MR) is 103 cm³/mol. The van der Waals surface area contributed by atoms with E-state index < -0.39 is 0 Å². The van der Waals surface area contributed by atoms with Gasteiger partial charge in [0.25, 0.3) is 0 Å². The van der Waals surface area contributed by atoms with Crippen molar-refractivity contribution in [1.82, 2.24) is 0 Å². The molecule has 0 N–H and O–H groups in total. The summed E-state index contributed by atoms with van der Waals surface area (Å²) in [5.41, 5.74) is 5.89. The van der Waals surface area contributed by atoms with Crippen molar-refractivity contribution in [1.29, 1.82) is 0 Å². The number of ketones is 1. The summed E-state index contributed by atoms with van der Waals surface area (Å²) >= 11 is 0. The molecule has 0 radical (unpaired) electrons. The van der Waals surface area contributed by atoms with Gasteiger partial charge in [-0.05, 0) is 29.7 Å².